The van der Waals surface area contributed by atoms with Crippen molar-refractivity contribution in [1.82, 2.24) is 15.0 Å². The molecule has 3 N–H and O–H groups in total. The summed E-state index contributed by atoms with van der Waals surface area (Å²) in [6.45, 7) is 8.33. The van der Waals surface area contributed by atoms with Crippen molar-refractivity contribution in [3.63, 3.8) is 0 Å². The number of nitrogens with two attached hydrogens (primary N) is 1. The predicted octanol–water partition coefficient (Wildman–Crippen LogP) is 2.77. The van der Waals surface area contributed by atoms with Crippen LogP contribution in [-0.2, 0) is 5.41 Å². The summed E-state index contributed by atoms with van der Waals surface area (Å²) in [4.78, 5) is 12.6. The first kappa shape index (κ1) is 16.9. The zero-order chi connectivity index (χ0) is 17.0. The van der Waals surface area contributed by atoms with Gasteiger partial charge in [0.2, 0.25) is 11.9 Å². The van der Waals surface area contributed by atoms with E-state index in [-0.39, 0.29) is 23.2 Å². The van der Waals surface area contributed by atoms with Crippen LogP contribution >= 0.6 is 0 Å². The third-order valence-corrected chi connectivity index (χ3v) is 3.01. The highest BCUT2D eigenvalue weighted by molar-refractivity contribution is 5.33. The van der Waals surface area contributed by atoms with E-state index in [1.165, 1.54) is 12.1 Å². The molecule has 0 aliphatic rings. The number of nitrogens with zero attached hydrogens (tertiary/aromatic N) is 3. The fraction of sp³-hybridized carbons (Fsp3) is 0.438. The van der Waals surface area contributed by atoms with Crippen LogP contribution in [0.4, 0.5) is 16.3 Å². The molecule has 0 saturated heterocycles. The molecular weight excluding hydrogens is 297 g/mol. The molecule has 124 valence electrons. The van der Waals surface area contributed by atoms with Gasteiger partial charge in [0.05, 0.1) is 6.04 Å². The first-order valence-electron chi connectivity index (χ1n) is 7.41. The second kappa shape index (κ2) is 6.76. The fourth-order valence-corrected chi connectivity index (χ4v) is 1.81. The van der Waals surface area contributed by atoms with E-state index in [9.17, 15) is 4.39 Å². The number of nitrogen functional groups attached to an aromatic ring is 1. The smallest absolute Gasteiger partial charge is 0.228 e. The highest BCUT2D eigenvalue weighted by Crippen LogP contribution is 2.20. The molecule has 6 nitrogen and oxygen atoms in total. The zero-order valence-corrected chi connectivity index (χ0v) is 13.8. The Labute approximate surface area is 135 Å². The Bertz CT molecular complexity index is 655. The molecule has 0 aliphatic heterocycles. The average Bonchev–Trinajstić information content (AvgIpc) is 2.45. The minimum Gasteiger partial charge on any atom is -0.491 e. The average molecular weight is 319 g/mol. The lowest BCUT2D eigenvalue weighted by atomic mass is 9.96. The summed E-state index contributed by atoms with van der Waals surface area (Å²) in [7, 11) is 0. The lowest BCUT2D eigenvalue weighted by molar-refractivity contribution is 0.303. The van der Waals surface area contributed by atoms with Crippen molar-refractivity contribution in [2.24, 2.45) is 0 Å². The molecule has 2 aromatic rings. The van der Waals surface area contributed by atoms with E-state index < -0.39 is 0 Å². The van der Waals surface area contributed by atoms with E-state index in [0.717, 1.165) is 0 Å². The molecule has 1 aromatic carbocycles. The molecule has 1 unspecified atom stereocenters. The molecule has 0 spiro atoms. The van der Waals surface area contributed by atoms with Crippen LogP contribution in [0.15, 0.2) is 24.3 Å². The van der Waals surface area contributed by atoms with Crippen molar-refractivity contribution in [2.75, 3.05) is 17.7 Å². The largest absolute Gasteiger partial charge is 0.491 e. The number of anilines is 2. The monoisotopic (exact) mass is 319 g/mol. The maximum atomic E-state index is 12.8. The first-order valence-corrected chi connectivity index (χ1v) is 7.41. The van der Waals surface area contributed by atoms with E-state index in [1.54, 1.807) is 12.1 Å². The second-order valence-corrected chi connectivity index (χ2v) is 6.40. The summed E-state index contributed by atoms with van der Waals surface area (Å²) >= 11 is 0. The molecule has 1 atom stereocenters. The summed E-state index contributed by atoms with van der Waals surface area (Å²) in [5.41, 5.74) is 5.52. The number of hydrogen-bond donors (Lipinski definition) is 2. The Morgan fingerprint density at radius 1 is 1.17 bits per heavy atom. The van der Waals surface area contributed by atoms with Crippen molar-refractivity contribution in [2.45, 2.75) is 39.2 Å². The number of nitrogens with one attached hydrogen (secondary N) is 1. The van der Waals surface area contributed by atoms with Gasteiger partial charge in [-0.25, -0.2) is 4.39 Å². The van der Waals surface area contributed by atoms with Gasteiger partial charge in [0.1, 0.15) is 24.0 Å². The molecule has 1 aromatic heterocycles. The number of rotatable bonds is 5. The molecule has 0 aliphatic carbocycles. The van der Waals surface area contributed by atoms with E-state index >= 15 is 0 Å². The Kier molecular flexibility index (Phi) is 4.98. The topological polar surface area (TPSA) is 86.0 Å². The zero-order valence-electron chi connectivity index (χ0n) is 13.8. The normalized spacial score (nSPS) is 12.7. The van der Waals surface area contributed by atoms with E-state index in [2.05, 4.69) is 20.3 Å². The van der Waals surface area contributed by atoms with Gasteiger partial charge in [-0.3, -0.25) is 0 Å². The molecule has 1 heterocycles. The lowest BCUT2D eigenvalue weighted by Gasteiger charge is -2.19. The molecule has 0 amide bonds. The van der Waals surface area contributed by atoms with Crippen LogP contribution < -0.4 is 15.8 Å². The number of ether oxygens (including phenoxy) is 1. The van der Waals surface area contributed by atoms with Crippen molar-refractivity contribution >= 4 is 11.9 Å². The van der Waals surface area contributed by atoms with Crippen LogP contribution in [0.1, 0.15) is 33.5 Å². The molecule has 0 fully saturated rings. The summed E-state index contributed by atoms with van der Waals surface area (Å²) in [5, 5.41) is 3.14. The van der Waals surface area contributed by atoms with Crippen LogP contribution in [0.5, 0.6) is 5.75 Å². The maximum Gasteiger partial charge on any atom is 0.228 e. The van der Waals surface area contributed by atoms with Crippen LogP contribution in [0.2, 0.25) is 0 Å². The SMILES string of the molecule is CC(COc1ccc(F)cc1)Nc1nc(N)nc(C(C)(C)C)n1. The highest BCUT2D eigenvalue weighted by atomic mass is 19.1. The Morgan fingerprint density at radius 3 is 2.43 bits per heavy atom. The van der Waals surface area contributed by atoms with Crippen molar-refractivity contribution < 1.29 is 9.13 Å². The number of hydrogen-bond acceptors (Lipinski definition) is 6. The minimum atomic E-state index is -0.293. The van der Waals surface area contributed by atoms with Crippen molar-refractivity contribution in [3.8, 4) is 5.75 Å². The third-order valence-electron chi connectivity index (χ3n) is 3.01. The van der Waals surface area contributed by atoms with E-state index in [1.807, 2.05) is 27.7 Å². The Morgan fingerprint density at radius 2 is 1.83 bits per heavy atom. The second-order valence-electron chi connectivity index (χ2n) is 6.40. The van der Waals surface area contributed by atoms with Gasteiger partial charge in [0, 0.05) is 5.41 Å². The highest BCUT2D eigenvalue weighted by Gasteiger charge is 2.19. The summed E-state index contributed by atoms with van der Waals surface area (Å²) < 4.78 is 18.4. The molecule has 0 radical (unpaired) electrons. The van der Waals surface area contributed by atoms with Gasteiger partial charge in [-0.05, 0) is 31.2 Å². The molecule has 7 heteroatoms. The van der Waals surface area contributed by atoms with E-state index in [0.29, 0.717) is 24.1 Å². The van der Waals surface area contributed by atoms with E-state index in [4.69, 9.17) is 10.5 Å². The molecule has 2 rings (SSSR count). The Hall–Kier alpha value is -2.44. The summed E-state index contributed by atoms with van der Waals surface area (Å²) in [5.74, 6) is 1.53. The standard InChI is InChI=1S/C16H22FN5O/c1-10(9-23-12-7-5-11(17)6-8-12)19-15-21-13(16(2,3)4)20-14(18)22-15/h5-8,10H,9H2,1-4H3,(H3,18,19,20,21,22). The van der Waals surface area contributed by atoms with Gasteiger partial charge in [-0.1, -0.05) is 20.8 Å². The molecule has 23 heavy (non-hydrogen) atoms. The fourth-order valence-electron chi connectivity index (χ4n) is 1.81. The van der Waals surface area contributed by atoms with Gasteiger partial charge in [-0.2, -0.15) is 15.0 Å². The van der Waals surface area contributed by atoms with Gasteiger partial charge in [0.15, 0.2) is 0 Å². The quantitative estimate of drug-likeness (QED) is 0.881. The summed E-state index contributed by atoms with van der Waals surface area (Å²) in [6.07, 6.45) is 0. The van der Waals surface area contributed by atoms with Crippen molar-refractivity contribution in [1.29, 1.82) is 0 Å². The number of benzene rings is 1. The third kappa shape index (κ3) is 5.05. The van der Waals surface area contributed by atoms with Gasteiger partial charge in [-0.15, -0.1) is 0 Å². The number of aromatic nitrogens is 3. The molecule has 0 saturated carbocycles. The minimum absolute atomic E-state index is 0.0605. The van der Waals surface area contributed by atoms with Crippen LogP contribution in [0, 0.1) is 5.82 Å². The molecule has 0 bridgehead atoms. The Balaban J connectivity index is 1.98. The molecular formula is C16H22FN5O. The van der Waals surface area contributed by atoms with Crippen molar-refractivity contribution in [3.05, 3.63) is 35.9 Å². The maximum absolute atomic E-state index is 12.8. The van der Waals surface area contributed by atoms with Gasteiger partial charge in [0.25, 0.3) is 0 Å². The summed E-state index contributed by atoms with van der Waals surface area (Å²) in [6, 6.07) is 5.82. The van der Waals surface area contributed by atoms with Crippen LogP contribution in [-0.4, -0.2) is 27.6 Å². The van der Waals surface area contributed by atoms with Crippen LogP contribution in [0.25, 0.3) is 0 Å². The first-order chi connectivity index (χ1) is 10.7. The lowest BCUT2D eigenvalue weighted by Crippen LogP contribution is -2.26. The predicted molar refractivity (Wildman–Crippen MR) is 87.9 cm³/mol. The van der Waals surface area contributed by atoms with Gasteiger partial charge >= 0.3 is 0 Å². The number of halogens is 1. The van der Waals surface area contributed by atoms with Gasteiger partial charge < -0.3 is 15.8 Å². The van der Waals surface area contributed by atoms with Crippen LogP contribution in [0.3, 0.4) is 0 Å².